The lowest BCUT2D eigenvalue weighted by Gasteiger charge is -2.36. The summed E-state index contributed by atoms with van der Waals surface area (Å²) in [6.45, 7) is 2.55. The van der Waals surface area contributed by atoms with Gasteiger partial charge in [0.1, 0.15) is 17.3 Å². The summed E-state index contributed by atoms with van der Waals surface area (Å²) in [7, 11) is -3.85. The Balaban J connectivity index is 1.86. The van der Waals surface area contributed by atoms with Gasteiger partial charge in [0, 0.05) is 6.42 Å². The van der Waals surface area contributed by atoms with Crippen LogP contribution in [0.15, 0.2) is 47.4 Å². The molecule has 0 bridgehead atoms. The Bertz CT molecular complexity index is 986. The number of carbonyl (C=O) groups excluding carboxylic acids is 1. The van der Waals surface area contributed by atoms with E-state index in [9.17, 15) is 17.6 Å². The smallest absolute Gasteiger partial charge is 0.244 e. The lowest BCUT2D eigenvalue weighted by atomic mass is 9.93. The van der Waals surface area contributed by atoms with Crippen LogP contribution in [0.25, 0.3) is 0 Å². The summed E-state index contributed by atoms with van der Waals surface area (Å²) in [6.07, 6.45) is 0.201. The van der Waals surface area contributed by atoms with Crippen LogP contribution in [0.2, 0.25) is 0 Å². The van der Waals surface area contributed by atoms with Gasteiger partial charge in [-0.15, -0.1) is 0 Å². The fourth-order valence-electron chi connectivity index (χ4n) is 3.51. The Hall–Kier alpha value is -2.49. The molecular weight excluding hydrogens is 399 g/mol. The van der Waals surface area contributed by atoms with E-state index in [0.29, 0.717) is 30.2 Å². The van der Waals surface area contributed by atoms with Crippen molar-refractivity contribution in [1.29, 1.82) is 0 Å². The second-order valence-electron chi connectivity index (χ2n) is 7.13. The molecule has 9 heteroatoms. The van der Waals surface area contributed by atoms with Gasteiger partial charge in [0.05, 0.1) is 9.64 Å². The molecule has 3 N–H and O–H groups in total. The van der Waals surface area contributed by atoms with E-state index in [1.807, 2.05) is 0 Å². The van der Waals surface area contributed by atoms with Crippen LogP contribution < -0.4 is 15.5 Å². The van der Waals surface area contributed by atoms with Crippen LogP contribution in [0.1, 0.15) is 24.8 Å². The first-order valence-corrected chi connectivity index (χ1v) is 10.7. The van der Waals surface area contributed by atoms with Crippen molar-refractivity contribution in [3.63, 3.8) is 0 Å². The normalized spacial score (nSPS) is 16.2. The Morgan fingerprint density at radius 3 is 2.38 bits per heavy atom. The molecule has 0 aliphatic carbocycles. The standard InChI is InChI=1S/C20H23FN2O5S/c1-14-12-16(4-7-18(14)21)28-15-2-5-17(6-3-15)29(26,27)20(13-19(24)23-25)8-10-22-11-9-20/h2-7,12,22,25H,8-11,13H2,1H3,(H,23,24). The molecular formula is C20H23FN2O5S. The number of sulfone groups is 1. The van der Waals surface area contributed by atoms with E-state index >= 15 is 0 Å². The van der Waals surface area contributed by atoms with Crippen molar-refractivity contribution in [3.8, 4) is 11.5 Å². The molecule has 0 unspecified atom stereocenters. The molecule has 2 aromatic rings. The molecule has 1 aliphatic rings. The van der Waals surface area contributed by atoms with Gasteiger partial charge >= 0.3 is 0 Å². The molecule has 0 saturated carbocycles. The summed E-state index contributed by atoms with van der Waals surface area (Å²) in [4.78, 5) is 11.9. The van der Waals surface area contributed by atoms with Crippen LogP contribution in [-0.2, 0) is 14.6 Å². The van der Waals surface area contributed by atoms with E-state index in [1.54, 1.807) is 13.0 Å². The van der Waals surface area contributed by atoms with E-state index in [4.69, 9.17) is 9.94 Å². The predicted molar refractivity (Wildman–Crippen MR) is 104 cm³/mol. The molecule has 156 valence electrons. The van der Waals surface area contributed by atoms with E-state index < -0.39 is 20.5 Å². The summed E-state index contributed by atoms with van der Waals surface area (Å²) in [5, 5.41) is 12.0. The number of carbonyl (C=O) groups is 1. The number of halogens is 1. The number of aryl methyl sites for hydroxylation is 1. The number of hydrogen-bond acceptors (Lipinski definition) is 6. The van der Waals surface area contributed by atoms with Crippen LogP contribution in [0.5, 0.6) is 11.5 Å². The van der Waals surface area contributed by atoms with Crippen LogP contribution >= 0.6 is 0 Å². The van der Waals surface area contributed by atoms with Gasteiger partial charge < -0.3 is 10.1 Å². The van der Waals surface area contributed by atoms with Gasteiger partial charge in [0.25, 0.3) is 0 Å². The van der Waals surface area contributed by atoms with Gasteiger partial charge in [-0.25, -0.2) is 18.3 Å². The number of benzene rings is 2. The topological polar surface area (TPSA) is 105 Å². The second-order valence-corrected chi connectivity index (χ2v) is 9.48. The second kappa shape index (κ2) is 8.48. The van der Waals surface area contributed by atoms with Gasteiger partial charge in [-0.1, -0.05) is 0 Å². The monoisotopic (exact) mass is 422 g/mol. The summed E-state index contributed by atoms with van der Waals surface area (Å²) in [5.41, 5.74) is 1.98. The fourth-order valence-corrected chi connectivity index (χ4v) is 5.57. The van der Waals surface area contributed by atoms with Crippen LogP contribution in [0, 0.1) is 12.7 Å². The number of nitrogens with one attached hydrogen (secondary N) is 2. The molecule has 0 aromatic heterocycles. The molecule has 3 rings (SSSR count). The molecule has 0 atom stereocenters. The summed E-state index contributed by atoms with van der Waals surface area (Å²) in [5.74, 6) is -0.226. The third-order valence-electron chi connectivity index (χ3n) is 5.19. The van der Waals surface area contributed by atoms with Crippen molar-refractivity contribution in [2.24, 2.45) is 0 Å². The van der Waals surface area contributed by atoms with Crippen molar-refractivity contribution in [3.05, 3.63) is 53.8 Å². The zero-order valence-electron chi connectivity index (χ0n) is 15.9. The molecule has 7 nitrogen and oxygen atoms in total. The van der Waals surface area contributed by atoms with Gasteiger partial charge in [0.2, 0.25) is 5.91 Å². The van der Waals surface area contributed by atoms with Crippen LogP contribution in [0.4, 0.5) is 4.39 Å². The fraction of sp³-hybridized carbons (Fsp3) is 0.350. The zero-order valence-corrected chi connectivity index (χ0v) is 16.8. The highest BCUT2D eigenvalue weighted by molar-refractivity contribution is 7.92. The van der Waals surface area contributed by atoms with Crippen molar-refractivity contribution >= 4 is 15.7 Å². The minimum Gasteiger partial charge on any atom is -0.457 e. The molecule has 0 spiro atoms. The van der Waals surface area contributed by atoms with Crippen molar-refractivity contribution in [1.82, 2.24) is 10.8 Å². The maximum Gasteiger partial charge on any atom is 0.244 e. The molecule has 1 heterocycles. The lowest BCUT2D eigenvalue weighted by Crippen LogP contribution is -2.50. The first kappa shape index (κ1) is 21.2. The third kappa shape index (κ3) is 4.42. The summed E-state index contributed by atoms with van der Waals surface area (Å²) < 4.78 is 44.4. The van der Waals surface area contributed by atoms with E-state index in [-0.39, 0.29) is 30.0 Å². The molecule has 1 aliphatic heterocycles. The SMILES string of the molecule is Cc1cc(Oc2ccc(S(=O)(=O)C3(CC(=O)NO)CCNCC3)cc2)ccc1F. The number of ether oxygens (including phenoxy) is 1. The van der Waals surface area contributed by atoms with E-state index in [0.717, 1.165) is 0 Å². The third-order valence-corrected chi connectivity index (χ3v) is 7.78. The highest BCUT2D eigenvalue weighted by Crippen LogP contribution is 2.37. The first-order chi connectivity index (χ1) is 13.8. The highest BCUT2D eigenvalue weighted by Gasteiger charge is 2.46. The Kier molecular flexibility index (Phi) is 6.21. The number of amides is 1. The number of hydrogen-bond donors (Lipinski definition) is 3. The van der Waals surface area contributed by atoms with Crippen molar-refractivity contribution in [2.45, 2.75) is 35.8 Å². The molecule has 1 saturated heterocycles. The molecule has 1 fully saturated rings. The minimum absolute atomic E-state index is 0.0766. The first-order valence-electron chi connectivity index (χ1n) is 9.20. The number of piperidine rings is 1. The number of hydroxylamine groups is 1. The van der Waals surface area contributed by atoms with Gasteiger partial charge in [0.15, 0.2) is 9.84 Å². The van der Waals surface area contributed by atoms with Gasteiger partial charge in [-0.05, 0) is 80.9 Å². The van der Waals surface area contributed by atoms with Gasteiger partial charge in [-0.2, -0.15) is 0 Å². The van der Waals surface area contributed by atoms with E-state index in [1.165, 1.54) is 41.9 Å². The summed E-state index contributed by atoms with van der Waals surface area (Å²) >= 11 is 0. The zero-order chi connectivity index (χ0) is 21.1. The van der Waals surface area contributed by atoms with Crippen molar-refractivity contribution in [2.75, 3.05) is 13.1 Å². The Morgan fingerprint density at radius 1 is 1.17 bits per heavy atom. The molecule has 0 radical (unpaired) electrons. The minimum atomic E-state index is -3.85. The summed E-state index contributed by atoms with van der Waals surface area (Å²) in [6, 6.07) is 10.3. The molecule has 29 heavy (non-hydrogen) atoms. The maximum absolute atomic E-state index is 13.4. The largest absolute Gasteiger partial charge is 0.457 e. The predicted octanol–water partition coefficient (Wildman–Crippen LogP) is 2.72. The van der Waals surface area contributed by atoms with E-state index in [2.05, 4.69) is 5.32 Å². The highest BCUT2D eigenvalue weighted by atomic mass is 32.2. The van der Waals surface area contributed by atoms with Crippen LogP contribution in [-0.4, -0.2) is 37.4 Å². The number of rotatable bonds is 6. The average Bonchev–Trinajstić information content (AvgIpc) is 2.71. The molecule has 1 amide bonds. The lowest BCUT2D eigenvalue weighted by molar-refractivity contribution is -0.130. The van der Waals surface area contributed by atoms with Crippen LogP contribution in [0.3, 0.4) is 0 Å². The van der Waals surface area contributed by atoms with Gasteiger partial charge in [-0.3, -0.25) is 10.0 Å². The quantitative estimate of drug-likeness (QED) is 0.488. The average molecular weight is 422 g/mol. The Morgan fingerprint density at radius 2 is 1.79 bits per heavy atom. The maximum atomic E-state index is 13.4. The molecule has 2 aromatic carbocycles. The van der Waals surface area contributed by atoms with Crippen molar-refractivity contribution < 1.29 is 27.5 Å². The Labute approximate surface area is 168 Å².